The molecule has 1 fully saturated rings. The van der Waals surface area contributed by atoms with Crippen LogP contribution < -0.4 is 4.74 Å². The molecule has 0 radical (unpaired) electrons. The van der Waals surface area contributed by atoms with E-state index in [0.29, 0.717) is 6.10 Å². The Hall–Kier alpha value is -1.02. The van der Waals surface area contributed by atoms with Crippen molar-refractivity contribution in [3.63, 3.8) is 0 Å². The van der Waals surface area contributed by atoms with E-state index in [1.165, 1.54) is 19.3 Å². The van der Waals surface area contributed by atoms with Gasteiger partial charge < -0.3 is 9.47 Å². The zero-order chi connectivity index (χ0) is 10.3. The van der Waals surface area contributed by atoms with E-state index in [-0.39, 0.29) is 0 Å². The number of hydrogen-bond acceptors (Lipinski definition) is 2. The summed E-state index contributed by atoms with van der Waals surface area (Å²) in [6.45, 7) is 1.82. The molecule has 1 aliphatic rings. The Bertz CT molecular complexity index is 267. The Balaban J connectivity index is 1.47. The number of para-hydroxylation sites is 1. The zero-order valence-corrected chi connectivity index (χ0v) is 9.02. The van der Waals surface area contributed by atoms with E-state index in [1.807, 2.05) is 30.3 Å². The fourth-order valence-corrected chi connectivity index (χ4v) is 1.59. The molecule has 0 bridgehead atoms. The minimum absolute atomic E-state index is 0.583. The largest absolute Gasteiger partial charge is 0.494 e. The lowest BCUT2D eigenvalue weighted by Crippen LogP contribution is -1.97. The Morgan fingerprint density at radius 1 is 1.13 bits per heavy atom. The lowest BCUT2D eigenvalue weighted by molar-refractivity contribution is 0.302. The number of benzene rings is 1. The molecule has 2 rings (SSSR count). The number of ether oxygens (including phenoxy) is 2. The van der Waals surface area contributed by atoms with Gasteiger partial charge in [-0.3, -0.25) is 0 Å². The van der Waals surface area contributed by atoms with E-state index in [9.17, 15) is 0 Å². The molecule has 1 aromatic rings. The maximum atomic E-state index is 5.60. The molecule has 0 aliphatic carbocycles. The van der Waals surface area contributed by atoms with Crippen LogP contribution in [-0.4, -0.2) is 19.3 Å². The first-order valence-corrected chi connectivity index (χ1v) is 5.74. The van der Waals surface area contributed by atoms with Crippen molar-refractivity contribution in [3.8, 4) is 5.75 Å². The van der Waals surface area contributed by atoms with Gasteiger partial charge in [0.05, 0.1) is 19.3 Å². The lowest BCUT2D eigenvalue weighted by atomic mass is 10.1. The fraction of sp³-hybridized carbons (Fsp3) is 0.538. The second-order valence-electron chi connectivity index (χ2n) is 3.97. The summed E-state index contributed by atoms with van der Waals surface area (Å²) in [5.41, 5.74) is 0. The molecule has 15 heavy (non-hydrogen) atoms. The summed E-state index contributed by atoms with van der Waals surface area (Å²) in [4.78, 5) is 0. The highest BCUT2D eigenvalue weighted by molar-refractivity contribution is 5.20. The van der Waals surface area contributed by atoms with E-state index in [1.54, 1.807) is 0 Å². The van der Waals surface area contributed by atoms with Gasteiger partial charge in [0, 0.05) is 0 Å². The molecule has 1 aromatic carbocycles. The van der Waals surface area contributed by atoms with E-state index in [2.05, 4.69) is 0 Å². The Morgan fingerprint density at radius 3 is 2.67 bits per heavy atom. The maximum absolute atomic E-state index is 5.60. The van der Waals surface area contributed by atoms with Crippen LogP contribution in [0.3, 0.4) is 0 Å². The minimum atomic E-state index is 0.583. The monoisotopic (exact) mass is 206 g/mol. The van der Waals surface area contributed by atoms with E-state index in [4.69, 9.17) is 9.47 Å². The Morgan fingerprint density at radius 2 is 1.93 bits per heavy atom. The molecule has 2 nitrogen and oxygen atoms in total. The molecule has 1 aliphatic heterocycles. The maximum Gasteiger partial charge on any atom is 0.119 e. The topological polar surface area (TPSA) is 21.8 Å². The highest BCUT2D eigenvalue weighted by Crippen LogP contribution is 2.17. The van der Waals surface area contributed by atoms with Gasteiger partial charge in [0.15, 0.2) is 0 Å². The van der Waals surface area contributed by atoms with Crippen LogP contribution in [0.4, 0.5) is 0 Å². The summed E-state index contributed by atoms with van der Waals surface area (Å²) in [6.07, 6.45) is 5.46. The number of unbranched alkanes of at least 4 members (excludes halogenated alkanes) is 2. The van der Waals surface area contributed by atoms with Crippen molar-refractivity contribution >= 4 is 0 Å². The van der Waals surface area contributed by atoms with Gasteiger partial charge in [0.2, 0.25) is 0 Å². The first-order valence-electron chi connectivity index (χ1n) is 5.74. The zero-order valence-electron chi connectivity index (χ0n) is 9.02. The summed E-state index contributed by atoms with van der Waals surface area (Å²) in [5.74, 6) is 0.975. The molecule has 2 heteroatoms. The highest BCUT2D eigenvalue weighted by atomic mass is 16.6. The van der Waals surface area contributed by atoms with Gasteiger partial charge in [0.1, 0.15) is 5.75 Å². The molecule has 1 unspecified atom stereocenters. The minimum Gasteiger partial charge on any atom is -0.494 e. The summed E-state index contributed by atoms with van der Waals surface area (Å²) in [6, 6.07) is 10.00. The van der Waals surface area contributed by atoms with Crippen molar-refractivity contribution < 1.29 is 9.47 Å². The van der Waals surface area contributed by atoms with E-state index in [0.717, 1.165) is 25.4 Å². The van der Waals surface area contributed by atoms with Crippen LogP contribution in [0.1, 0.15) is 25.7 Å². The molecule has 0 amide bonds. The van der Waals surface area contributed by atoms with Crippen molar-refractivity contribution in [2.75, 3.05) is 13.2 Å². The molecule has 0 N–H and O–H groups in total. The summed E-state index contributed by atoms with van der Waals surface area (Å²) in [7, 11) is 0. The van der Waals surface area contributed by atoms with Crippen LogP contribution in [0, 0.1) is 0 Å². The van der Waals surface area contributed by atoms with Crippen molar-refractivity contribution in [1.29, 1.82) is 0 Å². The predicted octanol–water partition coefficient (Wildman–Crippen LogP) is 3.02. The van der Waals surface area contributed by atoms with Crippen LogP contribution in [-0.2, 0) is 4.74 Å². The van der Waals surface area contributed by atoms with Crippen molar-refractivity contribution in [1.82, 2.24) is 0 Å². The first-order chi connectivity index (χ1) is 7.45. The van der Waals surface area contributed by atoms with Crippen LogP contribution >= 0.6 is 0 Å². The predicted molar refractivity (Wildman–Crippen MR) is 60.1 cm³/mol. The number of rotatable bonds is 7. The normalized spacial score (nSPS) is 18.8. The fourth-order valence-electron chi connectivity index (χ4n) is 1.59. The van der Waals surface area contributed by atoms with Crippen LogP contribution in [0.5, 0.6) is 5.75 Å². The van der Waals surface area contributed by atoms with Crippen molar-refractivity contribution in [3.05, 3.63) is 30.3 Å². The van der Waals surface area contributed by atoms with Crippen LogP contribution in [0.15, 0.2) is 30.3 Å². The van der Waals surface area contributed by atoms with E-state index >= 15 is 0 Å². The first kappa shape index (κ1) is 10.5. The van der Waals surface area contributed by atoms with Gasteiger partial charge in [-0.1, -0.05) is 24.6 Å². The average molecular weight is 206 g/mol. The van der Waals surface area contributed by atoms with Crippen LogP contribution in [0.2, 0.25) is 0 Å². The summed E-state index contributed by atoms with van der Waals surface area (Å²) >= 11 is 0. The molecule has 0 aromatic heterocycles. The molecule has 0 saturated carbocycles. The number of epoxide rings is 1. The summed E-state index contributed by atoms with van der Waals surface area (Å²) in [5, 5.41) is 0. The Kier molecular flexibility index (Phi) is 4.03. The van der Waals surface area contributed by atoms with Crippen LogP contribution in [0.25, 0.3) is 0 Å². The van der Waals surface area contributed by atoms with Gasteiger partial charge in [0.25, 0.3) is 0 Å². The van der Waals surface area contributed by atoms with E-state index < -0.39 is 0 Å². The van der Waals surface area contributed by atoms with Gasteiger partial charge in [-0.05, 0) is 31.4 Å². The molecule has 0 spiro atoms. The van der Waals surface area contributed by atoms with Crippen molar-refractivity contribution in [2.45, 2.75) is 31.8 Å². The molecule has 1 heterocycles. The number of hydrogen-bond donors (Lipinski definition) is 0. The third-order valence-corrected chi connectivity index (χ3v) is 2.58. The molecular formula is C13H18O2. The standard InChI is InChI=1S/C13H18O2/c1-3-7-12(8-4-1)14-10-6-2-5-9-13-11-15-13/h1,3-4,7-8,13H,2,5-6,9-11H2. The lowest BCUT2D eigenvalue weighted by Gasteiger charge is -2.04. The third kappa shape index (κ3) is 4.34. The molecule has 1 saturated heterocycles. The SMILES string of the molecule is c1ccc(OCCCCCC2CO2)cc1. The smallest absolute Gasteiger partial charge is 0.119 e. The highest BCUT2D eigenvalue weighted by Gasteiger charge is 2.20. The van der Waals surface area contributed by atoms with Gasteiger partial charge in [-0.25, -0.2) is 0 Å². The molecule has 1 atom stereocenters. The Labute approximate surface area is 91.2 Å². The quantitative estimate of drug-likeness (QED) is 0.505. The second kappa shape index (κ2) is 5.76. The van der Waals surface area contributed by atoms with Crippen molar-refractivity contribution in [2.24, 2.45) is 0 Å². The van der Waals surface area contributed by atoms with Gasteiger partial charge >= 0.3 is 0 Å². The van der Waals surface area contributed by atoms with Gasteiger partial charge in [-0.2, -0.15) is 0 Å². The molecule has 82 valence electrons. The summed E-state index contributed by atoms with van der Waals surface area (Å²) < 4.78 is 10.8. The third-order valence-electron chi connectivity index (χ3n) is 2.58. The second-order valence-corrected chi connectivity index (χ2v) is 3.97. The molecular weight excluding hydrogens is 188 g/mol. The average Bonchev–Trinajstić information content (AvgIpc) is 3.09. The van der Waals surface area contributed by atoms with Gasteiger partial charge in [-0.15, -0.1) is 0 Å².